The van der Waals surface area contributed by atoms with E-state index in [-0.39, 0.29) is 0 Å². The SMILES string of the molecule is Cc1cc(C)cc(P(c2cc(C)cc(C)c2)c2cc3ccc2CCCc2ccc(c(P(c4cc(C)cc(C)c4)c4cc(C)cc(C)c4)c2)CC3)c1. The molecule has 0 N–H and O–H groups in total. The molecule has 51 heavy (non-hydrogen) atoms. The number of hydrogen-bond donors (Lipinski definition) is 0. The van der Waals surface area contributed by atoms with Crippen LogP contribution < -0.4 is 31.8 Å². The summed E-state index contributed by atoms with van der Waals surface area (Å²) in [5, 5.41) is 8.96. The van der Waals surface area contributed by atoms with Crippen molar-refractivity contribution in [3.05, 3.63) is 176 Å². The van der Waals surface area contributed by atoms with E-state index in [1.807, 2.05) is 0 Å². The molecule has 0 unspecified atom stereocenters. The predicted octanol–water partition coefficient (Wildman–Crippen LogP) is 9.94. The van der Waals surface area contributed by atoms with Gasteiger partial charge in [-0.25, -0.2) is 0 Å². The van der Waals surface area contributed by atoms with E-state index in [1.165, 1.54) is 88.0 Å². The molecule has 0 nitrogen and oxygen atoms in total. The van der Waals surface area contributed by atoms with Crippen LogP contribution >= 0.6 is 15.8 Å². The van der Waals surface area contributed by atoms with Gasteiger partial charge in [-0.1, -0.05) is 154 Å². The lowest BCUT2D eigenvalue weighted by molar-refractivity contribution is 0.824. The number of rotatable bonds is 6. The van der Waals surface area contributed by atoms with Crippen molar-refractivity contribution in [2.24, 2.45) is 0 Å². The van der Waals surface area contributed by atoms with Crippen molar-refractivity contribution >= 4 is 47.7 Å². The largest absolute Gasteiger partial charge is 0.0587 e. The standard InChI is InChI=1S/C49H52P2/c1-32-18-33(2)23-44(22-32)50(45-24-34(3)19-35(4)25-45)48-31-41-13-15-42(48)11-9-10-40-12-16-43(17-14-41)49(30-40)51(46-26-36(5)20-37(6)27-46)47-28-38(7)21-39(8)29-47/h12-13,15-16,18-31H,9-11,14,17H2,1-8H3. The van der Waals surface area contributed by atoms with E-state index >= 15 is 0 Å². The Morgan fingerprint density at radius 2 is 0.627 bits per heavy atom. The molecule has 4 aliphatic rings. The first-order valence-electron chi connectivity index (χ1n) is 18.7. The van der Waals surface area contributed by atoms with E-state index in [0.29, 0.717) is 0 Å². The second kappa shape index (κ2) is 15.0. The predicted molar refractivity (Wildman–Crippen MR) is 228 cm³/mol. The summed E-state index contributed by atoms with van der Waals surface area (Å²) >= 11 is 0. The van der Waals surface area contributed by atoms with Gasteiger partial charge in [-0.2, -0.15) is 0 Å². The highest BCUT2D eigenvalue weighted by atomic mass is 31.1. The molecule has 0 spiro atoms. The Morgan fingerprint density at radius 1 is 0.314 bits per heavy atom. The second-order valence-corrected chi connectivity index (χ2v) is 19.7. The van der Waals surface area contributed by atoms with Crippen molar-refractivity contribution in [2.75, 3.05) is 0 Å². The van der Waals surface area contributed by atoms with Crippen LogP contribution in [0.1, 0.15) is 73.2 Å². The number of hydrogen-bond acceptors (Lipinski definition) is 0. The molecule has 0 heterocycles. The molecule has 0 aliphatic heterocycles. The van der Waals surface area contributed by atoms with E-state index < -0.39 is 15.8 Å². The minimum atomic E-state index is -0.713. The van der Waals surface area contributed by atoms with Gasteiger partial charge in [-0.3, -0.25) is 0 Å². The lowest BCUT2D eigenvalue weighted by Crippen LogP contribution is -2.25. The van der Waals surface area contributed by atoms with Crippen molar-refractivity contribution in [1.29, 1.82) is 0 Å². The topological polar surface area (TPSA) is 0 Å². The van der Waals surface area contributed by atoms with Gasteiger partial charge in [0.15, 0.2) is 0 Å². The minimum Gasteiger partial charge on any atom is -0.0587 e. The first-order chi connectivity index (χ1) is 24.5. The van der Waals surface area contributed by atoms with E-state index in [2.05, 4.69) is 165 Å². The monoisotopic (exact) mass is 702 g/mol. The summed E-state index contributed by atoms with van der Waals surface area (Å²) in [4.78, 5) is 0. The van der Waals surface area contributed by atoms with E-state index in [1.54, 1.807) is 10.6 Å². The fourth-order valence-electron chi connectivity index (χ4n) is 8.30. The van der Waals surface area contributed by atoms with Crippen molar-refractivity contribution in [3.8, 4) is 0 Å². The van der Waals surface area contributed by atoms with Crippen LogP contribution in [-0.2, 0) is 25.7 Å². The van der Waals surface area contributed by atoms with E-state index in [0.717, 1.165) is 32.1 Å². The summed E-state index contributed by atoms with van der Waals surface area (Å²) in [6.07, 6.45) is 5.38. The summed E-state index contributed by atoms with van der Waals surface area (Å²) < 4.78 is 0. The van der Waals surface area contributed by atoms with Gasteiger partial charge in [0.1, 0.15) is 0 Å². The first-order valence-corrected chi connectivity index (χ1v) is 21.3. The summed E-state index contributed by atoms with van der Waals surface area (Å²) in [5.74, 6) is 0. The Morgan fingerprint density at radius 3 is 0.980 bits per heavy atom. The molecule has 0 saturated carbocycles. The van der Waals surface area contributed by atoms with Crippen molar-refractivity contribution in [2.45, 2.75) is 87.5 Å². The van der Waals surface area contributed by atoms with Crippen LogP contribution in [0.2, 0.25) is 0 Å². The van der Waals surface area contributed by atoms with Gasteiger partial charge in [0.25, 0.3) is 0 Å². The molecule has 0 radical (unpaired) electrons. The first kappa shape index (κ1) is 35.6. The van der Waals surface area contributed by atoms with Crippen LogP contribution in [0.3, 0.4) is 0 Å². The van der Waals surface area contributed by atoms with Crippen LogP contribution in [0.15, 0.2) is 109 Å². The molecule has 0 aromatic heterocycles. The van der Waals surface area contributed by atoms with Gasteiger partial charge in [0.05, 0.1) is 0 Å². The van der Waals surface area contributed by atoms with Gasteiger partial charge < -0.3 is 0 Å². The average molecular weight is 703 g/mol. The molecular weight excluding hydrogens is 650 g/mol. The van der Waals surface area contributed by atoms with E-state index in [4.69, 9.17) is 0 Å². The molecule has 0 atom stereocenters. The molecule has 6 aromatic rings. The van der Waals surface area contributed by atoms with Gasteiger partial charge >= 0.3 is 0 Å². The third-order valence-electron chi connectivity index (χ3n) is 10.2. The molecule has 4 bridgehead atoms. The zero-order valence-electron chi connectivity index (χ0n) is 31.8. The maximum atomic E-state index is 2.61. The van der Waals surface area contributed by atoms with E-state index in [9.17, 15) is 0 Å². The highest BCUT2D eigenvalue weighted by molar-refractivity contribution is 7.80. The Balaban J connectivity index is 1.36. The van der Waals surface area contributed by atoms with Crippen molar-refractivity contribution in [3.63, 3.8) is 0 Å². The minimum absolute atomic E-state index is 0.706. The van der Waals surface area contributed by atoms with Crippen LogP contribution in [0.4, 0.5) is 0 Å². The number of benzene rings is 6. The Kier molecular flexibility index (Phi) is 10.5. The van der Waals surface area contributed by atoms with Crippen LogP contribution in [0.25, 0.3) is 0 Å². The van der Waals surface area contributed by atoms with Gasteiger partial charge in [-0.15, -0.1) is 0 Å². The lowest BCUT2D eigenvalue weighted by atomic mass is 10.0. The van der Waals surface area contributed by atoms with Gasteiger partial charge in [0.2, 0.25) is 0 Å². The maximum absolute atomic E-state index is 2.61. The lowest BCUT2D eigenvalue weighted by Gasteiger charge is -2.25. The van der Waals surface area contributed by atoms with Crippen LogP contribution in [-0.4, -0.2) is 0 Å². The highest BCUT2D eigenvalue weighted by Crippen LogP contribution is 2.39. The Hall–Kier alpha value is -3.82. The molecule has 0 amide bonds. The smallest absolute Gasteiger partial charge is 0.0116 e. The maximum Gasteiger partial charge on any atom is -0.0116 e. The third-order valence-corrected chi connectivity index (χ3v) is 15.1. The average Bonchev–Trinajstić information content (AvgIpc) is 3.07. The number of aryl methyl sites for hydroxylation is 12. The molecule has 2 heteroatoms. The molecule has 6 aromatic carbocycles. The fraction of sp³-hybridized carbons (Fsp3) is 0.265. The van der Waals surface area contributed by atoms with Crippen LogP contribution in [0.5, 0.6) is 0 Å². The summed E-state index contributed by atoms with van der Waals surface area (Å²) in [6, 6.07) is 43.9. The molecule has 258 valence electrons. The molecule has 0 fully saturated rings. The summed E-state index contributed by atoms with van der Waals surface area (Å²) in [6.45, 7) is 18.0. The quantitative estimate of drug-likeness (QED) is 0.152. The fourth-order valence-corrected chi connectivity index (χ4v) is 14.2. The van der Waals surface area contributed by atoms with Gasteiger partial charge in [0, 0.05) is 0 Å². The second-order valence-electron chi connectivity index (χ2n) is 15.3. The molecular formula is C49H52P2. The van der Waals surface area contributed by atoms with Crippen molar-refractivity contribution in [1.82, 2.24) is 0 Å². The van der Waals surface area contributed by atoms with Gasteiger partial charge in [-0.05, 0) is 157 Å². The normalized spacial score (nSPS) is 13.1. The zero-order chi connectivity index (χ0) is 35.8. The zero-order valence-corrected chi connectivity index (χ0v) is 33.6. The molecule has 4 aliphatic carbocycles. The van der Waals surface area contributed by atoms with Crippen LogP contribution in [0, 0.1) is 55.4 Å². The summed E-state index contributed by atoms with van der Waals surface area (Å²) in [7, 11) is -1.42. The highest BCUT2D eigenvalue weighted by Gasteiger charge is 2.24. The Labute approximate surface area is 309 Å². The molecule has 0 saturated heterocycles. The Bertz CT molecular complexity index is 2060. The van der Waals surface area contributed by atoms with Crippen molar-refractivity contribution < 1.29 is 0 Å². The third kappa shape index (κ3) is 8.15. The summed E-state index contributed by atoms with van der Waals surface area (Å²) in [5.41, 5.74) is 16.7. The molecule has 10 rings (SSSR count).